The Hall–Kier alpha value is -0.940. The SMILES string of the molecule is NCc1cc(C(F)F)nc(N)c1Cl. The second-order valence-electron chi connectivity index (χ2n) is 2.41. The first-order chi connectivity index (χ1) is 6.06. The average molecular weight is 208 g/mol. The van der Waals surface area contributed by atoms with E-state index in [0.29, 0.717) is 5.56 Å². The van der Waals surface area contributed by atoms with Crippen molar-refractivity contribution in [1.82, 2.24) is 4.98 Å². The summed E-state index contributed by atoms with van der Waals surface area (Å²) in [6.45, 7) is 0.0608. The Morgan fingerprint density at radius 3 is 2.62 bits per heavy atom. The minimum Gasteiger partial charge on any atom is -0.382 e. The predicted molar refractivity (Wildman–Crippen MR) is 46.5 cm³/mol. The highest BCUT2D eigenvalue weighted by Gasteiger charge is 2.13. The number of anilines is 1. The zero-order chi connectivity index (χ0) is 10.0. The number of hydrogen-bond donors (Lipinski definition) is 2. The molecule has 72 valence electrons. The molecule has 0 amide bonds. The molecule has 6 heteroatoms. The van der Waals surface area contributed by atoms with Gasteiger partial charge < -0.3 is 11.5 Å². The first kappa shape index (κ1) is 10.1. The summed E-state index contributed by atoms with van der Waals surface area (Å²) in [6.07, 6.45) is -2.66. The highest BCUT2D eigenvalue weighted by molar-refractivity contribution is 6.33. The molecule has 0 aliphatic rings. The maximum absolute atomic E-state index is 12.2. The molecule has 0 bridgehead atoms. The molecule has 0 unspecified atom stereocenters. The molecule has 1 heterocycles. The van der Waals surface area contributed by atoms with Gasteiger partial charge in [-0.2, -0.15) is 0 Å². The summed E-state index contributed by atoms with van der Waals surface area (Å²) in [5.41, 5.74) is 10.6. The first-order valence-corrected chi connectivity index (χ1v) is 3.87. The molecule has 0 radical (unpaired) electrons. The van der Waals surface area contributed by atoms with E-state index in [1.54, 1.807) is 0 Å². The van der Waals surface area contributed by atoms with Crippen LogP contribution >= 0.6 is 11.6 Å². The van der Waals surface area contributed by atoms with Crippen LogP contribution in [0.4, 0.5) is 14.6 Å². The third-order valence-electron chi connectivity index (χ3n) is 1.52. The molecule has 1 aromatic heterocycles. The maximum Gasteiger partial charge on any atom is 0.280 e. The van der Waals surface area contributed by atoms with Crippen molar-refractivity contribution in [2.45, 2.75) is 13.0 Å². The van der Waals surface area contributed by atoms with Crippen molar-refractivity contribution in [3.05, 3.63) is 22.3 Å². The van der Waals surface area contributed by atoms with Crippen molar-refractivity contribution in [3.63, 3.8) is 0 Å². The van der Waals surface area contributed by atoms with Crippen molar-refractivity contribution in [3.8, 4) is 0 Å². The minimum atomic E-state index is -2.66. The highest BCUT2D eigenvalue weighted by atomic mass is 35.5. The Morgan fingerprint density at radius 2 is 2.15 bits per heavy atom. The zero-order valence-electron chi connectivity index (χ0n) is 6.60. The monoisotopic (exact) mass is 207 g/mol. The van der Waals surface area contributed by atoms with Crippen LogP contribution in [0.15, 0.2) is 6.07 Å². The minimum absolute atomic E-state index is 0.0608. The Bertz CT molecular complexity index is 317. The fraction of sp³-hybridized carbons (Fsp3) is 0.286. The highest BCUT2D eigenvalue weighted by Crippen LogP contribution is 2.26. The average Bonchev–Trinajstić information content (AvgIpc) is 2.09. The summed E-state index contributed by atoms with van der Waals surface area (Å²) in [5, 5.41) is 0.145. The van der Waals surface area contributed by atoms with Gasteiger partial charge in [0.05, 0.1) is 5.02 Å². The van der Waals surface area contributed by atoms with E-state index < -0.39 is 12.1 Å². The van der Waals surface area contributed by atoms with Crippen LogP contribution in [0.2, 0.25) is 5.02 Å². The lowest BCUT2D eigenvalue weighted by molar-refractivity contribution is 0.146. The quantitative estimate of drug-likeness (QED) is 0.776. The molecule has 1 aromatic rings. The molecule has 0 aliphatic heterocycles. The standard InChI is InChI=1S/C7H8ClF2N3/c8-5-3(2-11)1-4(6(9)10)13-7(5)12/h1,6H,2,11H2,(H2,12,13). The zero-order valence-corrected chi connectivity index (χ0v) is 7.35. The number of pyridine rings is 1. The van der Waals surface area contributed by atoms with E-state index in [4.69, 9.17) is 23.1 Å². The third kappa shape index (κ3) is 2.05. The molecule has 0 fully saturated rings. The summed E-state index contributed by atoms with van der Waals surface area (Å²) < 4.78 is 24.4. The molecule has 3 nitrogen and oxygen atoms in total. The molecular weight excluding hydrogens is 200 g/mol. The smallest absolute Gasteiger partial charge is 0.280 e. The van der Waals surface area contributed by atoms with Gasteiger partial charge in [0.25, 0.3) is 6.43 Å². The summed E-state index contributed by atoms with van der Waals surface area (Å²) in [7, 11) is 0. The van der Waals surface area contributed by atoms with Gasteiger partial charge in [-0.05, 0) is 11.6 Å². The molecule has 0 atom stereocenters. The van der Waals surface area contributed by atoms with Gasteiger partial charge in [0.2, 0.25) is 0 Å². The number of hydrogen-bond acceptors (Lipinski definition) is 3. The van der Waals surface area contributed by atoms with E-state index in [2.05, 4.69) is 4.98 Å². The van der Waals surface area contributed by atoms with Gasteiger partial charge in [-0.25, -0.2) is 13.8 Å². The van der Waals surface area contributed by atoms with Crippen molar-refractivity contribution >= 4 is 17.4 Å². The molecule has 4 N–H and O–H groups in total. The number of nitrogens with two attached hydrogens (primary N) is 2. The lowest BCUT2D eigenvalue weighted by Crippen LogP contribution is -2.04. The summed E-state index contributed by atoms with van der Waals surface area (Å²) >= 11 is 5.66. The molecule has 0 aromatic carbocycles. The van der Waals surface area contributed by atoms with E-state index >= 15 is 0 Å². The second kappa shape index (κ2) is 3.85. The largest absolute Gasteiger partial charge is 0.382 e. The number of rotatable bonds is 2. The lowest BCUT2D eigenvalue weighted by Gasteiger charge is -2.06. The van der Waals surface area contributed by atoms with Gasteiger partial charge in [-0.15, -0.1) is 0 Å². The molecule has 0 aliphatic carbocycles. The topological polar surface area (TPSA) is 64.9 Å². The Balaban J connectivity index is 3.22. The van der Waals surface area contributed by atoms with Crippen LogP contribution in [-0.4, -0.2) is 4.98 Å². The van der Waals surface area contributed by atoms with Crippen LogP contribution in [-0.2, 0) is 6.54 Å². The molecule has 0 saturated carbocycles. The van der Waals surface area contributed by atoms with E-state index in [1.807, 2.05) is 0 Å². The van der Waals surface area contributed by atoms with Crippen LogP contribution in [0.3, 0.4) is 0 Å². The Labute approximate surface area is 78.7 Å². The van der Waals surface area contributed by atoms with Crippen LogP contribution in [0, 0.1) is 0 Å². The van der Waals surface area contributed by atoms with E-state index in [1.165, 1.54) is 0 Å². The molecular formula is C7H8ClF2N3. The van der Waals surface area contributed by atoms with Crippen LogP contribution < -0.4 is 11.5 Å². The fourth-order valence-electron chi connectivity index (χ4n) is 0.887. The Morgan fingerprint density at radius 1 is 1.54 bits per heavy atom. The summed E-state index contributed by atoms with van der Waals surface area (Å²) in [6, 6.07) is 1.16. The Kier molecular flexibility index (Phi) is 3.00. The summed E-state index contributed by atoms with van der Waals surface area (Å²) in [4.78, 5) is 3.42. The maximum atomic E-state index is 12.2. The van der Waals surface area contributed by atoms with Crippen LogP contribution in [0.25, 0.3) is 0 Å². The van der Waals surface area contributed by atoms with Crippen molar-refractivity contribution in [1.29, 1.82) is 0 Å². The number of alkyl halides is 2. The normalized spacial score (nSPS) is 10.8. The van der Waals surface area contributed by atoms with E-state index in [-0.39, 0.29) is 17.4 Å². The third-order valence-corrected chi connectivity index (χ3v) is 1.96. The van der Waals surface area contributed by atoms with Gasteiger partial charge in [0.1, 0.15) is 11.5 Å². The number of aromatic nitrogens is 1. The number of nitrogen functional groups attached to an aromatic ring is 1. The van der Waals surface area contributed by atoms with Gasteiger partial charge >= 0.3 is 0 Å². The number of halogens is 3. The predicted octanol–water partition coefficient (Wildman–Crippen LogP) is 1.71. The lowest BCUT2D eigenvalue weighted by atomic mass is 10.2. The van der Waals surface area contributed by atoms with Gasteiger partial charge in [-0.3, -0.25) is 0 Å². The van der Waals surface area contributed by atoms with Crippen molar-refractivity contribution < 1.29 is 8.78 Å². The van der Waals surface area contributed by atoms with Gasteiger partial charge in [0.15, 0.2) is 0 Å². The molecule has 0 saturated heterocycles. The van der Waals surface area contributed by atoms with E-state index in [0.717, 1.165) is 6.07 Å². The number of nitrogens with zero attached hydrogens (tertiary/aromatic N) is 1. The van der Waals surface area contributed by atoms with Gasteiger partial charge in [-0.1, -0.05) is 11.6 Å². The molecule has 1 rings (SSSR count). The van der Waals surface area contributed by atoms with Crippen molar-refractivity contribution in [2.75, 3.05) is 5.73 Å². The van der Waals surface area contributed by atoms with Crippen molar-refractivity contribution in [2.24, 2.45) is 5.73 Å². The fourth-order valence-corrected chi connectivity index (χ4v) is 1.06. The van der Waals surface area contributed by atoms with Crippen LogP contribution in [0.5, 0.6) is 0 Å². The second-order valence-corrected chi connectivity index (χ2v) is 2.79. The first-order valence-electron chi connectivity index (χ1n) is 3.49. The van der Waals surface area contributed by atoms with Crippen LogP contribution in [0.1, 0.15) is 17.7 Å². The van der Waals surface area contributed by atoms with E-state index in [9.17, 15) is 8.78 Å². The molecule has 13 heavy (non-hydrogen) atoms. The summed E-state index contributed by atoms with van der Waals surface area (Å²) in [5.74, 6) is -0.111. The van der Waals surface area contributed by atoms with Gasteiger partial charge in [0, 0.05) is 6.54 Å². The molecule has 0 spiro atoms.